The molecule has 5 nitrogen and oxygen atoms in total. The zero-order valence-electron chi connectivity index (χ0n) is 17.7. The summed E-state index contributed by atoms with van der Waals surface area (Å²) in [4.78, 5) is 12.8. The second-order valence-electron chi connectivity index (χ2n) is 7.35. The number of rotatable bonds is 6. The van der Waals surface area contributed by atoms with Gasteiger partial charge in [0.25, 0.3) is 10.0 Å². The first-order valence-corrected chi connectivity index (χ1v) is 11.5. The Kier molecular flexibility index (Phi) is 7.04. The zero-order valence-corrected chi connectivity index (χ0v) is 19.2. The molecular formula is C23H20ClF3N2O3S. The molecule has 0 fully saturated rings. The van der Waals surface area contributed by atoms with Gasteiger partial charge in [0, 0.05) is 0 Å². The number of anilines is 2. The Bertz CT molecular complexity index is 1280. The summed E-state index contributed by atoms with van der Waals surface area (Å²) in [6, 6.07) is 15.2. The van der Waals surface area contributed by atoms with Gasteiger partial charge in [-0.1, -0.05) is 47.5 Å². The molecule has 0 aliphatic rings. The molecule has 1 amide bonds. The van der Waals surface area contributed by atoms with Crippen molar-refractivity contribution in [3.05, 3.63) is 88.4 Å². The summed E-state index contributed by atoms with van der Waals surface area (Å²) in [5.41, 5.74) is 0.453. The number of alkyl halides is 3. The molecule has 0 aliphatic heterocycles. The molecule has 0 spiro atoms. The molecule has 3 aromatic rings. The van der Waals surface area contributed by atoms with E-state index in [1.165, 1.54) is 12.1 Å². The van der Waals surface area contributed by atoms with Crippen molar-refractivity contribution in [2.75, 3.05) is 16.2 Å². The van der Waals surface area contributed by atoms with Crippen molar-refractivity contribution in [2.45, 2.75) is 24.9 Å². The Hall–Kier alpha value is -3.04. The Morgan fingerprint density at radius 1 is 1.00 bits per heavy atom. The van der Waals surface area contributed by atoms with Crippen LogP contribution in [0.25, 0.3) is 0 Å². The predicted octanol–water partition coefficient (Wildman–Crippen LogP) is 5.81. The topological polar surface area (TPSA) is 66.5 Å². The number of carbonyl (C=O) groups excluding carboxylic acids is 1. The normalized spacial score (nSPS) is 11.8. The maximum absolute atomic E-state index is 13.4. The first-order chi connectivity index (χ1) is 15.4. The first-order valence-electron chi connectivity index (χ1n) is 9.71. The number of amides is 1. The van der Waals surface area contributed by atoms with Crippen molar-refractivity contribution in [3.8, 4) is 0 Å². The molecule has 3 aromatic carbocycles. The van der Waals surface area contributed by atoms with Crippen LogP contribution in [0.15, 0.2) is 71.6 Å². The van der Waals surface area contributed by atoms with Crippen LogP contribution in [-0.4, -0.2) is 20.9 Å². The van der Waals surface area contributed by atoms with Crippen LogP contribution in [0, 0.1) is 13.8 Å². The van der Waals surface area contributed by atoms with Gasteiger partial charge in [0.1, 0.15) is 6.54 Å². The SMILES string of the molecule is Cc1ccc(S(=O)(=O)N(CC(=O)Nc2cc(C(F)(F)F)ccc2Cl)c2ccccc2C)cc1. The van der Waals surface area contributed by atoms with Crippen LogP contribution in [-0.2, 0) is 21.0 Å². The number of aryl methyl sites for hydroxylation is 2. The van der Waals surface area contributed by atoms with Crippen LogP contribution in [0.5, 0.6) is 0 Å². The lowest BCUT2D eigenvalue weighted by atomic mass is 10.2. The van der Waals surface area contributed by atoms with Gasteiger partial charge in [-0.2, -0.15) is 13.2 Å². The third-order valence-electron chi connectivity index (χ3n) is 4.85. The van der Waals surface area contributed by atoms with Crippen LogP contribution < -0.4 is 9.62 Å². The summed E-state index contributed by atoms with van der Waals surface area (Å²) < 4.78 is 66.9. The molecular weight excluding hydrogens is 477 g/mol. The van der Waals surface area contributed by atoms with E-state index in [0.717, 1.165) is 22.0 Å². The van der Waals surface area contributed by atoms with Crippen LogP contribution >= 0.6 is 11.6 Å². The number of benzene rings is 3. The van der Waals surface area contributed by atoms with E-state index in [1.54, 1.807) is 43.3 Å². The van der Waals surface area contributed by atoms with Crippen LogP contribution in [0.2, 0.25) is 5.02 Å². The number of nitrogens with one attached hydrogen (secondary N) is 1. The Morgan fingerprint density at radius 3 is 2.24 bits per heavy atom. The van der Waals surface area contributed by atoms with Crippen molar-refractivity contribution in [1.29, 1.82) is 0 Å². The molecule has 0 aliphatic carbocycles. The highest BCUT2D eigenvalue weighted by Gasteiger charge is 2.32. The number of para-hydroxylation sites is 1. The molecule has 0 atom stereocenters. The molecule has 174 valence electrons. The maximum Gasteiger partial charge on any atom is 0.416 e. The zero-order chi connectivity index (χ0) is 24.4. The van der Waals surface area contributed by atoms with Crippen molar-refractivity contribution in [1.82, 2.24) is 0 Å². The fourth-order valence-electron chi connectivity index (χ4n) is 3.10. The first kappa shape index (κ1) is 24.6. The summed E-state index contributed by atoms with van der Waals surface area (Å²) in [6.45, 7) is 2.82. The van der Waals surface area contributed by atoms with E-state index in [-0.39, 0.29) is 21.3 Å². The summed E-state index contributed by atoms with van der Waals surface area (Å²) >= 11 is 5.96. The van der Waals surface area contributed by atoms with Gasteiger partial charge >= 0.3 is 6.18 Å². The summed E-state index contributed by atoms with van der Waals surface area (Å²) in [7, 11) is -4.16. The van der Waals surface area contributed by atoms with Crippen molar-refractivity contribution >= 4 is 38.9 Å². The fraction of sp³-hybridized carbons (Fsp3) is 0.174. The van der Waals surface area contributed by atoms with Gasteiger partial charge in [-0.05, 0) is 55.8 Å². The number of hydrogen-bond acceptors (Lipinski definition) is 3. The van der Waals surface area contributed by atoms with Gasteiger partial charge in [0.15, 0.2) is 0 Å². The fourth-order valence-corrected chi connectivity index (χ4v) is 4.75. The third-order valence-corrected chi connectivity index (χ3v) is 6.95. The maximum atomic E-state index is 13.4. The highest BCUT2D eigenvalue weighted by atomic mass is 35.5. The Balaban J connectivity index is 1.97. The number of halogens is 4. The average Bonchev–Trinajstić information content (AvgIpc) is 2.73. The van der Waals surface area contributed by atoms with Gasteiger partial charge in [-0.15, -0.1) is 0 Å². The van der Waals surface area contributed by atoms with E-state index < -0.39 is 34.2 Å². The second-order valence-corrected chi connectivity index (χ2v) is 9.62. The van der Waals surface area contributed by atoms with Gasteiger partial charge < -0.3 is 5.32 Å². The molecule has 0 heterocycles. The minimum absolute atomic E-state index is 0.0266. The average molecular weight is 497 g/mol. The summed E-state index contributed by atoms with van der Waals surface area (Å²) in [5, 5.41) is 2.19. The summed E-state index contributed by atoms with van der Waals surface area (Å²) in [5.74, 6) is -0.852. The number of sulfonamides is 1. The lowest BCUT2D eigenvalue weighted by Gasteiger charge is -2.25. The van der Waals surface area contributed by atoms with Crippen molar-refractivity contribution in [2.24, 2.45) is 0 Å². The number of carbonyl (C=O) groups is 1. The molecule has 33 heavy (non-hydrogen) atoms. The van der Waals surface area contributed by atoms with E-state index in [2.05, 4.69) is 5.32 Å². The van der Waals surface area contributed by atoms with Crippen LogP contribution in [0.3, 0.4) is 0 Å². The number of hydrogen-bond donors (Lipinski definition) is 1. The molecule has 1 N–H and O–H groups in total. The van der Waals surface area contributed by atoms with Crippen molar-refractivity contribution in [3.63, 3.8) is 0 Å². The quantitative estimate of drug-likeness (QED) is 0.468. The molecule has 10 heteroatoms. The molecule has 0 saturated heterocycles. The molecule has 0 unspecified atom stereocenters. The van der Waals surface area contributed by atoms with E-state index in [4.69, 9.17) is 11.6 Å². The monoisotopic (exact) mass is 496 g/mol. The molecule has 3 rings (SSSR count). The Morgan fingerprint density at radius 2 is 1.64 bits per heavy atom. The predicted molar refractivity (Wildman–Crippen MR) is 122 cm³/mol. The molecule has 0 aromatic heterocycles. The largest absolute Gasteiger partial charge is 0.416 e. The van der Waals surface area contributed by atoms with E-state index in [1.807, 2.05) is 6.92 Å². The minimum Gasteiger partial charge on any atom is -0.323 e. The molecule has 0 bridgehead atoms. The van der Waals surface area contributed by atoms with Gasteiger partial charge in [0.05, 0.1) is 26.9 Å². The van der Waals surface area contributed by atoms with Crippen molar-refractivity contribution < 1.29 is 26.4 Å². The van der Waals surface area contributed by atoms with Gasteiger partial charge in [0.2, 0.25) is 5.91 Å². The lowest BCUT2D eigenvalue weighted by Crippen LogP contribution is -2.38. The smallest absolute Gasteiger partial charge is 0.323 e. The van der Waals surface area contributed by atoms with Crippen LogP contribution in [0.1, 0.15) is 16.7 Å². The second kappa shape index (κ2) is 9.44. The van der Waals surface area contributed by atoms with Gasteiger partial charge in [-0.25, -0.2) is 8.42 Å². The summed E-state index contributed by atoms with van der Waals surface area (Å²) in [6.07, 6.45) is -4.63. The number of nitrogens with zero attached hydrogens (tertiary/aromatic N) is 1. The van der Waals surface area contributed by atoms with E-state index >= 15 is 0 Å². The highest BCUT2D eigenvalue weighted by Crippen LogP contribution is 2.34. The van der Waals surface area contributed by atoms with E-state index in [9.17, 15) is 26.4 Å². The van der Waals surface area contributed by atoms with Gasteiger partial charge in [-0.3, -0.25) is 9.10 Å². The highest BCUT2D eigenvalue weighted by molar-refractivity contribution is 7.92. The molecule has 0 radical (unpaired) electrons. The molecule has 0 saturated carbocycles. The standard InChI is InChI=1S/C23H20ClF3N2O3S/c1-15-7-10-18(11-8-15)33(31,32)29(21-6-4-3-5-16(21)2)14-22(30)28-20-13-17(23(25,26)27)9-12-19(20)24/h3-13H,14H2,1-2H3,(H,28,30). The third kappa shape index (κ3) is 5.66. The lowest BCUT2D eigenvalue weighted by molar-refractivity contribution is -0.137. The minimum atomic E-state index is -4.63. The van der Waals surface area contributed by atoms with E-state index in [0.29, 0.717) is 11.6 Å². The van der Waals surface area contributed by atoms with Crippen LogP contribution in [0.4, 0.5) is 24.5 Å². The Labute approximate surface area is 194 Å².